The van der Waals surface area contributed by atoms with Crippen LogP contribution < -0.4 is 4.90 Å². The van der Waals surface area contributed by atoms with E-state index in [1.165, 1.54) is 19.4 Å². The van der Waals surface area contributed by atoms with Gasteiger partial charge in [-0.15, -0.1) is 0 Å². The van der Waals surface area contributed by atoms with Gasteiger partial charge < -0.3 is 4.90 Å². The van der Waals surface area contributed by atoms with Crippen LogP contribution in [0.5, 0.6) is 0 Å². The molecule has 1 aromatic heterocycles. The van der Waals surface area contributed by atoms with Gasteiger partial charge in [-0.1, -0.05) is 12.2 Å². The standard InChI is InChI=1S/C18H22N4/c19-11-15-2-4-18(20-12-15)22-7-5-21(6-8-22)13-17-10-14-1-3-16(17)9-14/h1-4,12,14,16-17H,5-10,13H2. The predicted octanol–water partition coefficient (Wildman–Crippen LogP) is 2.29. The van der Waals surface area contributed by atoms with E-state index in [0.717, 1.165) is 49.8 Å². The molecular formula is C18H22N4. The highest BCUT2D eigenvalue weighted by molar-refractivity contribution is 5.42. The Morgan fingerprint density at radius 2 is 2.00 bits per heavy atom. The molecule has 3 unspecified atom stereocenters. The van der Waals surface area contributed by atoms with Gasteiger partial charge in [0, 0.05) is 38.9 Å². The summed E-state index contributed by atoms with van der Waals surface area (Å²) in [6.07, 6.45) is 9.35. The fourth-order valence-corrected chi connectivity index (χ4v) is 4.23. The molecule has 0 N–H and O–H groups in total. The number of piperazine rings is 1. The molecule has 3 aliphatic rings. The molecule has 1 aliphatic heterocycles. The van der Waals surface area contributed by atoms with Gasteiger partial charge in [-0.25, -0.2) is 4.98 Å². The van der Waals surface area contributed by atoms with Crippen LogP contribution in [0.1, 0.15) is 18.4 Å². The fourth-order valence-electron chi connectivity index (χ4n) is 4.23. The normalized spacial score (nSPS) is 30.7. The largest absolute Gasteiger partial charge is 0.354 e. The molecule has 0 aromatic carbocycles. The number of aromatic nitrogens is 1. The third-order valence-corrected chi connectivity index (χ3v) is 5.48. The van der Waals surface area contributed by atoms with E-state index in [0.29, 0.717) is 5.56 Å². The predicted molar refractivity (Wildman–Crippen MR) is 86.4 cm³/mol. The van der Waals surface area contributed by atoms with E-state index >= 15 is 0 Å². The molecule has 1 saturated carbocycles. The summed E-state index contributed by atoms with van der Waals surface area (Å²) >= 11 is 0. The van der Waals surface area contributed by atoms with Gasteiger partial charge in [0.15, 0.2) is 0 Å². The molecule has 1 saturated heterocycles. The Balaban J connectivity index is 1.30. The number of rotatable bonds is 3. The number of nitrogens with zero attached hydrogens (tertiary/aromatic N) is 4. The zero-order valence-electron chi connectivity index (χ0n) is 12.9. The highest BCUT2D eigenvalue weighted by atomic mass is 15.3. The lowest BCUT2D eigenvalue weighted by Crippen LogP contribution is -2.48. The van der Waals surface area contributed by atoms with E-state index in [9.17, 15) is 0 Å². The Bertz CT molecular complexity index is 593. The first-order valence-corrected chi connectivity index (χ1v) is 8.33. The monoisotopic (exact) mass is 294 g/mol. The average Bonchev–Trinajstić information content (AvgIpc) is 3.19. The fraction of sp³-hybridized carbons (Fsp3) is 0.556. The second-order valence-corrected chi connectivity index (χ2v) is 6.84. The minimum absolute atomic E-state index is 0.631. The minimum Gasteiger partial charge on any atom is -0.354 e. The number of anilines is 1. The third kappa shape index (κ3) is 2.62. The topological polar surface area (TPSA) is 43.2 Å². The van der Waals surface area contributed by atoms with Gasteiger partial charge >= 0.3 is 0 Å². The molecule has 2 fully saturated rings. The first-order chi connectivity index (χ1) is 10.8. The van der Waals surface area contributed by atoms with Gasteiger partial charge in [0.25, 0.3) is 0 Å². The molecular weight excluding hydrogens is 272 g/mol. The number of hydrogen-bond acceptors (Lipinski definition) is 4. The molecule has 4 rings (SSSR count). The van der Waals surface area contributed by atoms with Crippen LogP contribution in [0, 0.1) is 29.1 Å². The SMILES string of the molecule is N#Cc1ccc(N2CCN(CC3CC4C=CC3C4)CC2)nc1. The van der Waals surface area contributed by atoms with E-state index in [1.54, 1.807) is 6.20 Å². The molecule has 0 spiro atoms. The van der Waals surface area contributed by atoms with Gasteiger partial charge in [0.2, 0.25) is 0 Å². The molecule has 1 aromatic rings. The highest BCUT2D eigenvalue weighted by Crippen LogP contribution is 2.43. The van der Waals surface area contributed by atoms with Crippen LogP contribution in [-0.2, 0) is 0 Å². The smallest absolute Gasteiger partial charge is 0.128 e. The Labute approximate surface area is 132 Å². The van der Waals surface area contributed by atoms with Crippen LogP contribution >= 0.6 is 0 Å². The van der Waals surface area contributed by atoms with Crippen molar-refractivity contribution in [1.29, 1.82) is 5.26 Å². The molecule has 114 valence electrons. The van der Waals surface area contributed by atoms with Gasteiger partial charge in [-0.3, -0.25) is 4.90 Å². The molecule has 22 heavy (non-hydrogen) atoms. The van der Waals surface area contributed by atoms with Crippen molar-refractivity contribution in [2.75, 3.05) is 37.6 Å². The maximum absolute atomic E-state index is 8.84. The molecule has 0 radical (unpaired) electrons. The Morgan fingerprint density at radius 3 is 2.59 bits per heavy atom. The summed E-state index contributed by atoms with van der Waals surface area (Å²) in [5, 5.41) is 8.84. The van der Waals surface area contributed by atoms with Crippen molar-refractivity contribution in [2.45, 2.75) is 12.8 Å². The van der Waals surface area contributed by atoms with E-state index in [2.05, 4.69) is 33.0 Å². The van der Waals surface area contributed by atoms with E-state index in [4.69, 9.17) is 5.26 Å². The van der Waals surface area contributed by atoms with E-state index in [1.807, 2.05) is 12.1 Å². The van der Waals surface area contributed by atoms with Crippen molar-refractivity contribution in [3.63, 3.8) is 0 Å². The number of fused-ring (bicyclic) bond motifs is 2. The Morgan fingerprint density at radius 1 is 1.14 bits per heavy atom. The highest BCUT2D eigenvalue weighted by Gasteiger charge is 2.36. The van der Waals surface area contributed by atoms with E-state index < -0.39 is 0 Å². The van der Waals surface area contributed by atoms with Crippen LogP contribution in [0.25, 0.3) is 0 Å². The van der Waals surface area contributed by atoms with Gasteiger partial charge in [0.1, 0.15) is 11.9 Å². The summed E-state index contributed by atoms with van der Waals surface area (Å²) in [4.78, 5) is 9.36. The first kappa shape index (κ1) is 13.8. The van der Waals surface area contributed by atoms with Crippen molar-refractivity contribution in [2.24, 2.45) is 17.8 Å². The van der Waals surface area contributed by atoms with Gasteiger partial charge in [-0.2, -0.15) is 5.26 Å². The van der Waals surface area contributed by atoms with Crippen LogP contribution in [0.2, 0.25) is 0 Å². The van der Waals surface area contributed by atoms with Crippen molar-refractivity contribution in [1.82, 2.24) is 9.88 Å². The summed E-state index contributed by atoms with van der Waals surface area (Å²) in [7, 11) is 0. The molecule has 3 atom stereocenters. The first-order valence-electron chi connectivity index (χ1n) is 8.33. The average molecular weight is 294 g/mol. The number of hydrogen-bond donors (Lipinski definition) is 0. The molecule has 2 bridgehead atoms. The number of nitriles is 1. The van der Waals surface area contributed by atoms with Gasteiger partial charge in [-0.05, 0) is 42.7 Å². The van der Waals surface area contributed by atoms with E-state index in [-0.39, 0.29) is 0 Å². The van der Waals surface area contributed by atoms with Crippen molar-refractivity contribution < 1.29 is 0 Å². The van der Waals surface area contributed by atoms with Crippen molar-refractivity contribution >= 4 is 5.82 Å². The summed E-state index contributed by atoms with van der Waals surface area (Å²) < 4.78 is 0. The zero-order chi connectivity index (χ0) is 14.9. The van der Waals surface area contributed by atoms with Crippen LogP contribution in [-0.4, -0.2) is 42.6 Å². The zero-order valence-corrected chi connectivity index (χ0v) is 12.9. The molecule has 4 nitrogen and oxygen atoms in total. The lowest BCUT2D eigenvalue weighted by Gasteiger charge is -2.37. The second kappa shape index (κ2) is 5.73. The molecule has 2 heterocycles. The summed E-state index contributed by atoms with van der Waals surface area (Å²) in [6.45, 7) is 5.59. The minimum atomic E-state index is 0.631. The van der Waals surface area contributed by atoms with Crippen molar-refractivity contribution in [3.8, 4) is 6.07 Å². The van der Waals surface area contributed by atoms with Gasteiger partial charge in [0.05, 0.1) is 5.56 Å². The van der Waals surface area contributed by atoms with Crippen LogP contribution in [0.15, 0.2) is 30.5 Å². The lowest BCUT2D eigenvalue weighted by atomic mass is 9.93. The van der Waals surface area contributed by atoms with Crippen molar-refractivity contribution in [3.05, 3.63) is 36.0 Å². The molecule has 2 aliphatic carbocycles. The second-order valence-electron chi connectivity index (χ2n) is 6.84. The number of pyridine rings is 1. The quantitative estimate of drug-likeness (QED) is 0.802. The third-order valence-electron chi connectivity index (χ3n) is 5.48. The maximum atomic E-state index is 8.84. The van der Waals surface area contributed by atoms with Crippen LogP contribution in [0.3, 0.4) is 0 Å². The maximum Gasteiger partial charge on any atom is 0.128 e. The number of allylic oxidation sites excluding steroid dienone is 2. The Kier molecular flexibility index (Phi) is 3.59. The summed E-state index contributed by atoms with van der Waals surface area (Å²) in [5.41, 5.74) is 0.631. The lowest BCUT2D eigenvalue weighted by molar-refractivity contribution is 0.204. The molecule has 0 amide bonds. The van der Waals surface area contributed by atoms with Crippen LogP contribution in [0.4, 0.5) is 5.82 Å². The molecule has 4 heteroatoms. The Hall–Kier alpha value is -1.86. The summed E-state index contributed by atoms with van der Waals surface area (Å²) in [6, 6.07) is 5.95. The summed E-state index contributed by atoms with van der Waals surface area (Å²) in [5.74, 6) is 3.61.